The molecule has 1 aromatic heterocycles. The van der Waals surface area contributed by atoms with Crippen LogP contribution in [0, 0.1) is 0 Å². The first-order valence-corrected chi connectivity index (χ1v) is 11.9. The third kappa shape index (κ3) is 3.77. The maximum atomic E-state index is 6.28. The molecular formula is C26H31ClN4. The van der Waals surface area contributed by atoms with Crippen molar-refractivity contribution in [3.63, 3.8) is 0 Å². The van der Waals surface area contributed by atoms with E-state index in [1.54, 1.807) is 5.56 Å². The van der Waals surface area contributed by atoms with Gasteiger partial charge >= 0.3 is 0 Å². The topological polar surface area (TPSA) is 33.1 Å². The molecule has 1 N–H and O–H groups in total. The molecule has 5 rings (SSSR count). The predicted octanol–water partition coefficient (Wildman–Crippen LogP) is 5.64. The van der Waals surface area contributed by atoms with Gasteiger partial charge in [-0.15, -0.1) is 0 Å². The highest BCUT2D eigenvalue weighted by atomic mass is 35.5. The number of hydrogen-bond acceptors (Lipinski definition) is 3. The minimum Gasteiger partial charge on any atom is -0.342 e. The highest BCUT2D eigenvalue weighted by Gasteiger charge is 2.35. The third-order valence-corrected chi connectivity index (χ3v) is 7.29. The van der Waals surface area contributed by atoms with Crippen LogP contribution in [-0.4, -0.2) is 22.6 Å². The van der Waals surface area contributed by atoms with Crippen LogP contribution in [0.1, 0.15) is 55.5 Å². The van der Waals surface area contributed by atoms with E-state index >= 15 is 0 Å². The van der Waals surface area contributed by atoms with E-state index in [-0.39, 0.29) is 5.41 Å². The van der Waals surface area contributed by atoms with Crippen molar-refractivity contribution in [1.82, 2.24) is 14.9 Å². The van der Waals surface area contributed by atoms with Crippen LogP contribution in [-0.2, 0) is 24.9 Å². The molecule has 5 heteroatoms. The van der Waals surface area contributed by atoms with E-state index in [4.69, 9.17) is 16.6 Å². The SMILES string of the molecule is CCCc1ccccc1C1(C)CCN(c2ncc3n2-c2ccc(Cl)cc2CNC3)CC1. The summed E-state index contributed by atoms with van der Waals surface area (Å²) >= 11 is 6.28. The van der Waals surface area contributed by atoms with E-state index in [9.17, 15) is 0 Å². The van der Waals surface area contributed by atoms with Gasteiger partial charge in [0.25, 0.3) is 0 Å². The Balaban J connectivity index is 1.43. The van der Waals surface area contributed by atoms with E-state index < -0.39 is 0 Å². The van der Waals surface area contributed by atoms with Gasteiger partial charge in [-0.3, -0.25) is 4.57 Å². The summed E-state index contributed by atoms with van der Waals surface area (Å²) in [6.07, 6.45) is 6.66. The first-order chi connectivity index (χ1) is 15.1. The minimum atomic E-state index is 0.226. The Bertz CT molecular complexity index is 1080. The third-order valence-electron chi connectivity index (χ3n) is 7.06. The van der Waals surface area contributed by atoms with Crippen LogP contribution in [0.15, 0.2) is 48.7 Å². The largest absolute Gasteiger partial charge is 0.342 e. The molecule has 3 aromatic rings. The van der Waals surface area contributed by atoms with Crippen molar-refractivity contribution < 1.29 is 0 Å². The monoisotopic (exact) mass is 434 g/mol. The Hall–Kier alpha value is -2.30. The summed E-state index contributed by atoms with van der Waals surface area (Å²) < 4.78 is 2.33. The van der Waals surface area contributed by atoms with E-state index in [2.05, 4.69) is 65.0 Å². The van der Waals surface area contributed by atoms with Crippen LogP contribution < -0.4 is 10.2 Å². The maximum absolute atomic E-state index is 6.28. The lowest BCUT2D eigenvalue weighted by Gasteiger charge is -2.41. The number of hydrogen-bond donors (Lipinski definition) is 1. The minimum absolute atomic E-state index is 0.226. The van der Waals surface area contributed by atoms with E-state index in [0.717, 1.165) is 56.4 Å². The summed E-state index contributed by atoms with van der Waals surface area (Å²) in [6, 6.07) is 15.3. The summed E-state index contributed by atoms with van der Waals surface area (Å²) in [5.41, 5.74) is 6.91. The second-order valence-corrected chi connectivity index (χ2v) is 9.65. The lowest BCUT2D eigenvalue weighted by atomic mass is 9.72. The van der Waals surface area contributed by atoms with Crippen molar-refractivity contribution in [3.8, 4) is 5.69 Å². The summed E-state index contributed by atoms with van der Waals surface area (Å²) in [5.74, 6) is 1.06. The van der Waals surface area contributed by atoms with Crippen LogP contribution in [0.25, 0.3) is 5.69 Å². The van der Waals surface area contributed by atoms with Gasteiger partial charge in [-0.25, -0.2) is 4.98 Å². The average Bonchev–Trinajstić information content (AvgIpc) is 3.10. The van der Waals surface area contributed by atoms with Gasteiger partial charge in [0.2, 0.25) is 5.95 Å². The van der Waals surface area contributed by atoms with Crippen LogP contribution in [0.5, 0.6) is 0 Å². The lowest BCUT2D eigenvalue weighted by molar-refractivity contribution is 0.357. The van der Waals surface area contributed by atoms with Gasteiger partial charge in [0, 0.05) is 31.2 Å². The predicted molar refractivity (Wildman–Crippen MR) is 128 cm³/mol. The number of aromatic nitrogens is 2. The molecule has 0 amide bonds. The zero-order valence-electron chi connectivity index (χ0n) is 18.5. The number of halogens is 1. The summed E-state index contributed by atoms with van der Waals surface area (Å²) in [6.45, 7) is 8.39. The van der Waals surface area contributed by atoms with Gasteiger partial charge < -0.3 is 10.2 Å². The fraction of sp³-hybridized carbons (Fsp3) is 0.423. The molecule has 31 heavy (non-hydrogen) atoms. The number of anilines is 1. The van der Waals surface area contributed by atoms with Crippen molar-refractivity contribution in [1.29, 1.82) is 0 Å². The summed E-state index contributed by atoms with van der Waals surface area (Å²) in [7, 11) is 0. The number of rotatable bonds is 4. The molecule has 0 unspecified atom stereocenters. The van der Waals surface area contributed by atoms with Gasteiger partial charge in [-0.2, -0.15) is 0 Å². The molecule has 2 aliphatic rings. The smallest absolute Gasteiger partial charge is 0.210 e. The van der Waals surface area contributed by atoms with Gasteiger partial charge in [0.1, 0.15) is 0 Å². The highest BCUT2D eigenvalue weighted by Crippen LogP contribution is 2.39. The molecule has 0 aliphatic carbocycles. The first kappa shape index (κ1) is 20.6. The van der Waals surface area contributed by atoms with E-state index in [0.29, 0.717) is 0 Å². The molecule has 2 aliphatic heterocycles. The zero-order valence-corrected chi connectivity index (χ0v) is 19.3. The normalized spacial score (nSPS) is 17.7. The molecule has 1 saturated heterocycles. The Morgan fingerprint density at radius 1 is 1.10 bits per heavy atom. The Kier molecular flexibility index (Phi) is 5.53. The van der Waals surface area contributed by atoms with Gasteiger partial charge in [-0.1, -0.05) is 56.1 Å². The standard InChI is InChI=1S/C26H31ClN4/c1-3-6-19-7-4-5-8-23(19)26(2)11-13-30(14-12-26)25-29-18-22-17-28-16-20-15-21(27)9-10-24(20)31(22)25/h4-5,7-10,15,18,28H,3,6,11-14,16-17H2,1-2H3. The highest BCUT2D eigenvalue weighted by molar-refractivity contribution is 6.30. The van der Waals surface area contributed by atoms with Crippen LogP contribution in [0.3, 0.4) is 0 Å². The van der Waals surface area contributed by atoms with E-state index in [1.807, 2.05) is 12.3 Å². The molecule has 162 valence electrons. The van der Waals surface area contributed by atoms with Gasteiger partial charge in [0.05, 0.1) is 17.6 Å². The van der Waals surface area contributed by atoms with Crippen molar-refractivity contribution >= 4 is 17.5 Å². The molecule has 0 radical (unpaired) electrons. The molecule has 4 nitrogen and oxygen atoms in total. The molecule has 0 saturated carbocycles. The molecule has 2 aromatic carbocycles. The van der Waals surface area contributed by atoms with Crippen molar-refractivity contribution in [2.75, 3.05) is 18.0 Å². The molecule has 1 fully saturated rings. The van der Waals surface area contributed by atoms with Gasteiger partial charge in [0.15, 0.2) is 0 Å². The second-order valence-electron chi connectivity index (χ2n) is 9.22. The van der Waals surface area contributed by atoms with Gasteiger partial charge in [-0.05, 0) is 59.6 Å². The fourth-order valence-electron chi connectivity index (χ4n) is 5.29. The van der Waals surface area contributed by atoms with Crippen molar-refractivity contribution in [3.05, 3.63) is 76.1 Å². The number of fused-ring (bicyclic) bond motifs is 3. The lowest BCUT2D eigenvalue weighted by Crippen LogP contribution is -2.42. The number of piperidine rings is 1. The average molecular weight is 435 g/mol. The van der Waals surface area contributed by atoms with Crippen LogP contribution in [0.2, 0.25) is 5.02 Å². The molecule has 0 atom stereocenters. The molecule has 0 spiro atoms. The van der Waals surface area contributed by atoms with Crippen LogP contribution in [0.4, 0.5) is 5.95 Å². The fourth-order valence-corrected chi connectivity index (χ4v) is 5.49. The van der Waals surface area contributed by atoms with E-state index in [1.165, 1.54) is 28.9 Å². The maximum Gasteiger partial charge on any atom is 0.210 e. The Labute approximate surface area is 190 Å². The van der Waals surface area contributed by atoms with Crippen molar-refractivity contribution in [2.45, 2.75) is 58.0 Å². The Morgan fingerprint density at radius 3 is 2.71 bits per heavy atom. The van der Waals surface area contributed by atoms with Crippen LogP contribution >= 0.6 is 11.6 Å². The zero-order chi connectivity index (χ0) is 21.4. The molecule has 3 heterocycles. The quantitative estimate of drug-likeness (QED) is 0.576. The first-order valence-electron chi connectivity index (χ1n) is 11.5. The number of imidazole rings is 1. The number of aryl methyl sites for hydroxylation is 1. The Morgan fingerprint density at radius 2 is 1.90 bits per heavy atom. The molecular weight excluding hydrogens is 404 g/mol. The second kappa shape index (κ2) is 8.33. The number of nitrogens with one attached hydrogen (secondary N) is 1. The molecule has 0 bridgehead atoms. The van der Waals surface area contributed by atoms with Crippen molar-refractivity contribution in [2.24, 2.45) is 0 Å². The summed E-state index contributed by atoms with van der Waals surface area (Å²) in [5, 5.41) is 4.30. The number of benzene rings is 2. The number of nitrogens with zero attached hydrogens (tertiary/aromatic N) is 3. The summed E-state index contributed by atoms with van der Waals surface area (Å²) in [4.78, 5) is 7.34.